The molecule has 1 heterocycles. The molecule has 1 aliphatic carbocycles. The van der Waals surface area contributed by atoms with Gasteiger partial charge in [-0.1, -0.05) is 30.3 Å². The SMILES string of the molecule is COCC1(CNC(=O)C2(c3ccccc3)CC2)CCNCC1. The second-order valence-electron chi connectivity index (χ2n) is 6.81. The number of methoxy groups -OCH3 is 1. The zero-order valence-electron chi connectivity index (χ0n) is 13.4. The van der Waals surface area contributed by atoms with Crippen molar-refractivity contribution in [2.45, 2.75) is 31.1 Å². The fourth-order valence-corrected chi connectivity index (χ4v) is 3.60. The maximum Gasteiger partial charge on any atom is 0.230 e. The first-order valence-corrected chi connectivity index (χ1v) is 8.24. The van der Waals surface area contributed by atoms with Crippen LogP contribution in [0.15, 0.2) is 30.3 Å². The third-order valence-corrected chi connectivity index (χ3v) is 5.25. The summed E-state index contributed by atoms with van der Waals surface area (Å²) < 4.78 is 5.42. The number of hydrogen-bond donors (Lipinski definition) is 2. The summed E-state index contributed by atoms with van der Waals surface area (Å²) >= 11 is 0. The van der Waals surface area contributed by atoms with Crippen LogP contribution in [0.3, 0.4) is 0 Å². The van der Waals surface area contributed by atoms with Crippen LogP contribution >= 0.6 is 0 Å². The number of rotatable bonds is 6. The fraction of sp³-hybridized carbons (Fsp3) is 0.611. The van der Waals surface area contributed by atoms with Crippen LogP contribution in [0.1, 0.15) is 31.2 Å². The molecule has 1 aromatic carbocycles. The average Bonchev–Trinajstić information content (AvgIpc) is 3.37. The summed E-state index contributed by atoms with van der Waals surface area (Å²) in [6.45, 7) is 3.44. The molecule has 120 valence electrons. The first-order chi connectivity index (χ1) is 10.7. The number of nitrogens with one attached hydrogen (secondary N) is 2. The van der Waals surface area contributed by atoms with E-state index in [4.69, 9.17) is 4.74 Å². The Kier molecular flexibility index (Phi) is 4.50. The van der Waals surface area contributed by atoms with E-state index in [2.05, 4.69) is 22.8 Å². The molecule has 3 rings (SSSR count). The maximum absolute atomic E-state index is 12.7. The van der Waals surface area contributed by atoms with Crippen LogP contribution in [0.5, 0.6) is 0 Å². The highest BCUT2D eigenvalue weighted by Crippen LogP contribution is 2.48. The fourth-order valence-electron chi connectivity index (χ4n) is 3.60. The Balaban J connectivity index is 1.64. The quantitative estimate of drug-likeness (QED) is 0.843. The van der Waals surface area contributed by atoms with Gasteiger partial charge in [0, 0.05) is 19.1 Å². The zero-order valence-corrected chi connectivity index (χ0v) is 13.4. The van der Waals surface area contributed by atoms with Gasteiger partial charge in [-0.25, -0.2) is 0 Å². The van der Waals surface area contributed by atoms with Crippen LogP contribution in [-0.2, 0) is 14.9 Å². The smallest absolute Gasteiger partial charge is 0.230 e. The molecule has 2 aliphatic rings. The molecule has 1 aromatic rings. The molecule has 4 heteroatoms. The van der Waals surface area contributed by atoms with E-state index in [9.17, 15) is 4.79 Å². The molecule has 0 atom stereocenters. The van der Waals surface area contributed by atoms with Crippen LogP contribution in [-0.4, -0.2) is 39.3 Å². The highest BCUT2D eigenvalue weighted by atomic mass is 16.5. The van der Waals surface area contributed by atoms with Gasteiger partial charge in [0.1, 0.15) is 0 Å². The van der Waals surface area contributed by atoms with Crippen LogP contribution in [0.2, 0.25) is 0 Å². The normalized spacial score (nSPS) is 22.0. The van der Waals surface area contributed by atoms with E-state index < -0.39 is 0 Å². The van der Waals surface area contributed by atoms with E-state index in [1.807, 2.05) is 18.2 Å². The molecule has 1 saturated heterocycles. The van der Waals surface area contributed by atoms with Crippen molar-refractivity contribution in [3.8, 4) is 0 Å². The van der Waals surface area contributed by atoms with Crippen molar-refractivity contribution in [1.82, 2.24) is 10.6 Å². The number of amides is 1. The van der Waals surface area contributed by atoms with Crippen LogP contribution < -0.4 is 10.6 Å². The minimum absolute atomic E-state index is 0.0857. The Morgan fingerprint density at radius 3 is 2.45 bits per heavy atom. The molecule has 1 amide bonds. The Morgan fingerprint density at radius 1 is 1.18 bits per heavy atom. The van der Waals surface area contributed by atoms with E-state index in [-0.39, 0.29) is 16.7 Å². The molecule has 0 radical (unpaired) electrons. The number of hydrogen-bond acceptors (Lipinski definition) is 3. The van der Waals surface area contributed by atoms with Crippen LogP contribution in [0, 0.1) is 5.41 Å². The Morgan fingerprint density at radius 2 is 1.86 bits per heavy atom. The first kappa shape index (κ1) is 15.5. The van der Waals surface area contributed by atoms with Crippen molar-refractivity contribution in [2.75, 3.05) is 33.4 Å². The van der Waals surface area contributed by atoms with E-state index in [0.29, 0.717) is 6.61 Å². The molecule has 2 fully saturated rings. The lowest BCUT2D eigenvalue weighted by molar-refractivity contribution is -0.124. The van der Waals surface area contributed by atoms with Crippen molar-refractivity contribution in [2.24, 2.45) is 5.41 Å². The molecule has 2 N–H and O–H groups in total. The Bertz CT molecular complexity index is 500. The van der Waals surface area contributed by atoms with Crippen molar-refractivity contribution < 1.29 is 9.53 Å². The highest BCUT2D eigenvalue weighted by Gasteiger charge is 2.51. The summed E-state index contributed by atoms with van der Waals surface area (Å²) in [4.78, 5) is 12.7. The second-order valence-corrected chi connectivity index (χ2v) is 6.81. The molecule has 1 aliphatic heterocycles. The van der Waals surface area contributed by atoms with Gasteiger partial charge in [0.25, 0.3) is 0 Å². The minimum atomic E-state index is -0.275. The predicted octanol–water partition coefficient (Wildman–Crippen LogP) is 1.85. The number of benzene rings is 1. The minimum Gasteiger partial charge on any atom is -0.384 e. The molecule has 22 heavy (non-hydrogen) atoms. The van der Waals surface area contributed by atoms with Gasteiger partial charge in [0.2, 0.25) is 5.91 Å². The molecule has 0 aromatic heterocycles. The van der Waals surface area contributed by atoms with E-state index in [1.54, 1.807) is 7.11 Å². The monoisotopic (exact) mass is 302 g/mol. The van der Waals surface area contributed by atoms with E-state index in [0.717, 1.165) is 50.9 Å². The van der Waals surface area contributed by atoms with Crippen LogP contribution in [0.4, 0.5) is 0 Å². The van der Waals surface area contributed by atoms with Crippen molar-refractivity contribution in [1.29, 1.82) is 0 Å². The van der Waals surface area contributed by atoms with Gasteiger partial charge in [-0.2, -0.15) is 0 Å². The Hall–Kier alpha value is -1.39. The topological polar surface area (TPSA) is 50.4 Å². The standard InChI is InChI=1S/C18H26N2O2/c1-22-14-17(9-11-19-12-10-17)13-20-16(21)18(7-8-18)15-5-3-2-4-6-15/h2-6,19H,7-14H2,1H3,(H,20,21). The van der Waals surface area contributed by atoms with E-state index >= 15 is 0 Å². The molecule has 0 spiro atoms. The summed E-state index contributed by atoms with van der Waals surface area (Å²) in [6.07, 6.45) is 4.03. The van der Waals surface area contributed by atoms with Gasteiger partial charge in [0.05, 0.1) is 12.0 Å². The third kappa shape index (κ3) is 3.03. The summed E-state index contributed by atoms with van der Waals surface area (Å²) in [5.41, 5.74) is 0.962. The lowest BCUT2D eigenvalue weighted by atomic mass is 9.79. The van der Waals surface area contributed by atoms with Gasteiger partial charge in [-0.3, -0.25) is 4.79 Å². The van der Waals surface area contributed by atoms with Gasteiger partial charge in [0.15, 0.2) is 0 Å². The number of piperidine rings is 1. The summed E-state index contributed by atoms with van der Waals surface area (Å²) in [5.74, 6) is 0.188. The molecule has 4 nitrogen and oxygen atoms in total. The number of carbonyl (C=O) groups excluding carboxylic acids is 1. The average molecular weight is 302 g/mol. The maximum atomic E-state index is 12.7. The summed E-state index contributed by atoms with van der Waals surface area (Å²) in [5, 5.41) is 6.62. The van der Waals surface area contributed by atoms with Gasteiger partial charge in [-0.05, 0) is 44.3 Å². The second kappa shape index (κ2) is 6.39. The number of carbonyl (C=O) groups is 1. The van der Waals surface area contributed by atoms with Gasteiger partial charge in [-0.15, -0.1) is 0 Å². The van der Waals surface area contributed by atoms with Crippen molar-refractivity contribution >= 4 is 5.91 Å². The summed E-state index contributed by atoms with van der Waals surface area (Å²) in [7, 11) is 1.75. The zero-order chi connectivity index (χ0) is 15.5. The van der Waals surface area contributed by atoms with Crippen molar-refractivity contribution in [3.63, 3.8) is 0 Å². The third-order valence-electron chi connectivity index (χ3n) is 5.25. The lowest BCUT2D eigenvalue weighted by Gasteiger charge is -2.37. The van der Waals surface area contributed by atoms with E-state index in [1.165, 1.54) is 0 Å². The van der Waals surface area contributed by atoms with Crippen LogP contribution in [0.25, 0.3) is 0 Å². The van der Waals surface area contributed by atoms with Gasteiger partial charge < -0.3 is 15.4 Å². The molecule has 0 bridgehead atoms. The Labute approximate surface area is 132 Å². The largest absolute Gasteiger partial charge is 0.384 e. The molecular weight excluding hydrogens is 276 g/mol. The number of ether oxygens (including phenoxy) is 1. The molecule has 1 saturated carbocycles. The predicted molar refractivity (Wildman–Crippen MR) is 86.8 cm³/mol. The lowest BCUT2D eigenvalue weighted by Crippen LogP contribution is -2.49. The van der Waals surface area contributed by atoms with Crippen molar-refractivity contribution in [3.05, 3.63) is 35.9 Å². The molecule has 0 unspecified atom stereocenters. The molecular formula is C18H26N2O2. The first-order valence-electron chi connectivity index (χ1n) is 8.24. The highest BCUT2D eigenvalue weighted by molar-refractivity contribution is 5.91. The summed E-state index contributed by atoms with van der Waals surface area (Å²) in [6, 6.07) is 10.2. The van der Waals surface area contributed by atoms with Gasteiger partial charge >= 0.3 is 0 Å².